The van der Waals surface area contributed by atoms with Gasteiger partial charge >= 0.3 is 6.03 Å². The Bertz CT molecular complexity index is 939. The van der Waals surface area contributed by atoms with Gasteiger partial charge in [-0.1, -0.05) is 0 Å². The molecule has 2 aliphatic rings. The van der Waals surface area contributed by atoms with E-state index in [1.165, 1.54) is 0 Å². The van der Waals surface area contributed by atoms with E-state index < -0.39 is 0 Å². The van der Waals surface area contributed by atoms with Crippen molar-refractivity contribution < 1.29 is 19.1 Å². The van der Waals surface area contributed by atoms with Crippen molar-refractivity contribution in [3.05, 3.63) is 47.1 Å². The summed E-state index contributed by atoms with van der Waals surface area (Å²) in [5.74, 6) is 1.24. The number of urea groups is 1. The standard InChI is InChI=1S/C22H25BrN4O4/c1-2-30-17-7-5-16(6-8-17)27-13-12-26(22(27)29)15-20(28)25-11-9-18(14-25)31-21-19(23)4-3-10-24-21/h3-8,10,18H,2,9,11-15H2,1H3. The molecule has 1 atom stereocenters. The van der Waals surface area contributed by atoms with Crippen LogP contribution in [0.3, 0.4) is 0 Å². The van der Waals surface area contributed by atoms with Gasteiger partial charge in [-0.25, -0.2) is 9.78 Å². The Labute approximate surface area is 189 Å². The van der Waals surface area contributed by atoms with E-state index in [1.807, 2.05) is 43.3 Å². The third-order valence-electron chi connectivity index (χ3n) is 5.38. The summed E-state index contributed by atoms with van der Waals surface area (Å²) in [6, 6.07) is 11.0. The maximum Gasteiger partial charge on any atom is 0.325 e. The number of hydrogen-bond acceptors (Lipinski definition) is 5. The Morgan fingerprint density at radius 1 is 1.19 bits per heavy atom. The average Bonchev–Trinajstić information content (AvgIpc) is 3.38. The minimum atomic E-state index is -0.151. The first kappa shape index (κ1) is 21.4. The second kappa shape index (κ2) is 9.55. The molecule has 4 rings (SSSR count). The van der Waals surface area contributed by atoms with Gasteiger partial charge < -0.3 is 19.3 Å². The van der Waals surface area contributed by atoms with Gasteiger partial charge in [-0.05, 0) is 59.3 Å². The van der Waals surface area contributed by atoms with Gasteiger partial charge in [0.05, 0.1) is 17.6 Å². The first-order valence-corrected chi connectivity index (χ1v) is 11.2. The van der Waals surface area contributed by atoms with Crippen LogP contribution in [-0.4, -0.2) is 72.2 Å². The van der Waals surface area contributed by atoms with Crippen molar-refractivity contribution in [2.75, 3.05) is 44.2 Å². The van der Waals surface area contributed by atoms with Crippen molar-refractivity contribution >= 4 is 33.6 Å². The first-order valence-electron chi connectivity index (χ1n) is 10.4. The number of hydrogen-bond donors (Lipinski definition) is 0. The molecule has 0 saturated carbocycles. The third-order valence-corrected chi connectivity index (χ3v) is 5.98. The van der Waals surface area contributed by atoms with Crippen molar-refractivity contribution in [3.63, 3.8) is 0 Å². The quantitative estimate of drug-likeness (QED) is 0.598. The van der Waals surface area contributed by atoms with Crippen LogP contribution in [0.1, 0.15) is 13.3 Å². The highest BCUT2D eigenvalue weighted by molar-refractivity contribution is 9.10. The minimum absolute atomic E-state index is 0.0620. The van der Waals surface area contributed by atoms with Crippen molar-refractivity contribution in [2.45, 2.75) is 19.4 Å². The lowest BCUT2D eigenvalue weighted by Gasteiger charge is -2.22. The summed E-state index contributed by atoms with van der Waals surface area (Å²) >= 11 is 3.43. The van der Waals surface area contributed by atoms with E-state index in [-0.39, 0.29) is 24.6 Å². The monoisotopic (exact) mass is 488 g/mol. The highest BCUT2D eigenvalue weighted by Gasteiger charge is 2.34. The number of aromatic nitrogens is 1. The maximum absolute atomic E-state index is 12.8. The first-order chi connectivity index (χ1) is 15.0. The molecule has 2 saturated heterocycles. The van der Waals surface area contributed by atoms with Crippen LogP contribution in [0.15, 0.2) is 47.1 Å². The number of halogens is 1. The summed E-state index contributed by atoms with van der Waals surface area (Å²) in [4.78, 5) is 34.9. The van der Waals surface area contributed by atoms with Gasteiger partial charge in [0.15, 0.2) is 0 Å². The fourth-order valence-corrected chi connectivity index (χ4v) is 4.14. The lowest BCUT2D eigenvalue weighted by Crippen LogP contribution is -2.42. The molecule has 0 N–H and O–H groups in total. The zero-order chi connectivity index (χ0) is 21.8. The Balaban J connectivity index is 1.30. The molecule has 1 aromatic heterocycles. The summed E-state index contributed by atoms with van der Waals surface area (Å²) in [6.07, 6.45) is 2.30. The number of pyridine rings is 1. The van der Waals surface area contributed by atoms with Crippen LogP contribution in [0.2, 0.25) is 0 Å². The summed E-state index contributed by atoms with van der Waals surface area (Å²) in [5.41, 5.74) is 0.805. The topological polar surface area (TPSA) is 75.2 Å². The van der Waals surface area contributed by atoms with Gasteiger partial charge in [-0.15, -0.1) is 0 Å². The normalized spacial score (nSPS) is 18.6. The van der Waals surface area contributed by atoms with Crippen molar-refractivity contribution in [2.24, 2.45) is 0 Å². The van der Waals surface area contributed by atoms with E-state index >= 15 is 0 Å². The van der Waals surface area contributed by atoms with E-state index in [2.05, 4.69) is 20.9 Å². The molecule has 0 radical (unpaired) electrons. The summed E-state index contributed by atoms with van der Waals surface area (Å²) in [6.45, 7) is 4.78. The number of amides is 3. The molecule has 8 nitrogen and oxygen atoms in total. The van der Waals surface area contributed by atoms with E-state index in [4.69, 9.17) is 9.47 Å². The number of carbonyl (C=O) groups excluding carboxylic acids is 2. The smallest absolute Gasteiger partial charge is 0.325 e. The van der Waals surface area contributed by atoms with Crippen LogP contribution in [0.5, 0.6) is 11.6 Å². The van der Waals surface area contributed by atoms with Gasteiger partial charge in [0.1, 0.15) is 18.4 Å². The number of carbonyl (C=O) groups is 2. The predicted octanol–water partition coefficient (Wildman–Crippen LogP) is 3.16. The predicted molar refractivity (Wildman–Crippen MR) is 119 cm³/mol. The van der Waals surface area contributed by atoms with Crippen LogP contribution in [0.25, 0.3) is 0 Å². The molecular weight excluding hydrogens is 464 g/mol. The fraction of sp³-hybridized carbons (Fsp3) is 0.409. The van der Waals surface area contributed by atoms with Crippen molar-refractivity contribution in [3.8, 4) is 11.6 Å². The summed E-state index contributed by atoms with van der Waals surface area (Å²) < 4.78 is 12.2. The van der Waals surface area contributed by atoms with Crippen LogP contribution in [0.4, 0.5) is 10.5 Å². The second-order valence-corrected chi connectivity index (χ2v) is 8.30. The zero-order valence-corrected chi connectivity index (χ0v) is 19.0. The molecule has 2 aliphatic heterocycles. The molecule has 9 heteroatoms. The molecule has 3 amide bonds. The van der Waals surface area contributed by atoms with Crippen molar-refractivity contribution in [1.82, 2.24) is 14.8 Å². The summed E-state index contributed by atoms with van der Waals surface area (Å²) in [7, 11) is 0. The molecule has 31 heavy (non-hydrogen) atoms. The molecule has 2 fully saturated rings. The Morgan fingerprint density at radius 3 is 2.74 bits per heavy atom. The van der Waals surface area contributed by atoms with E-state index in [0.29, 0.717) is 38.7 Å². The molecular formula is C22H25BrN4O4. The molecule has 1 aromatic carbocycles. The SMILES string of the molecule is CCOc1ccc(N2CCN(CC(=O)N3CCC(Oc4ncccc4Br)C3)C2=O)cc1. The number of anilines is 1. The largest absolute Gasteiger partial charge is 0.494 e. The van der Waals surface area contributed by atoms with Gasteiger partial charge in [0.25, 0.3) is 0 Å². The lowest BCUT2D eigenvalue weighted by atomic mass is 10.3. The number of likely N-dealkylation sites (tertiary alicyclic amines) is 1. The molecule has 0 aliphatic carbocycles. The molecule has 1 unspecified atom stereocenters. The zero-order valence-electron chi connectivity index (χ0n) is 17.4. The van der Waals surface area contributed by atoms with E-state index in [9.17, 15) is 9.59 Å². The fourth-order valence-electron chi connectivity index (χ4n) is 3.79. The summed E-state index contributed by atoms with van der Waals surface area (Å²) in [5, 5.41) is 0. The van der Waals surface area contributed by atoms with Crippen LogP contribution in [-0.2, 0) is 4.79 Å². The van der Waals surface area contributed by atoms with Gasteiger partial charge in [-0.3, -0.25) is 9.69 Å². The highest BCUT2D eigenvalue weighted by atomic mass is 79.9. The second-order valence-electron chi connectivity index (χ2n) is 7.44. The average molecular weight is 489 g/mol. The van der Waals surface area contributed by atoms with Crippen LogP contribution in [0, 0.1) is 0 Å². The van der Waals surface area contributed by atoms with Gasteiger partial charge in [-0.2, -0.15) is 0 Å². The lowest BCUT2D eigenvalue weighted by molar-refractivity contribution is -0.130. The molecule has 0 spiro atoms. The number of benzene rings is 1. The number of ether oxygens (including phenoxy) is 2. The van der Waals surface area contributed by atoms with Crippen molar-refractivity contribution in [1.29, 1.82) is 0 Å². The van der Waals surface area contributed by atoms with E-state index in [0.717, 1.165) is 22.3 Å². The molecule has 2 aromatic rings. The van der Waals surface area contributed by atoms with Crippen LogP contribution < -0.4 is 14.4 Å². The molecule has 3 heterocycles. The molecule has 164 valence electrons. The Kier molecular flexibility index (Phi) is 6.60. The highest BCUT2D eigenvalue weighted by Crippen LogP contribution is 2.26. The number of rotatable bonds is 7. The maximum atomic E-state index is 12.8. The van der Waals surface area contributed by atoms with Gasteiger partial charge in [0, 0.05) is 37.9 Å². The molecule has 0 bridgehead atoms. The van der Waals surface area contributed by atoms with Crippen LogP contribution >= 0.6 is 15.9 Å². The Morgan fingerprint density at radius 2 is 2.00 bits per heavy atom. The third kappa shape index (κ3) is 4.92. The Hall–Kier alpha value is -2.81. The minimum Gasteiger partial charge on any atom is -0.494 e. The van der Waals surface area contributed by atoms with E-state index in [1.54, 1.807) is 20.9 Å². The van der Waals surface area contributed by atoms with Gasteiger partial charge in [0.2, 0.25) is 11.8 Å². The number of nitrogens with zero attached hydrogens (tertiary/aromatic N) is 4.